The van der Waals surface area contributed by atoms with Gasteiger partial charge in [0.25, 0.3) is 0 Å². The van der Waals surface area contributed by atoms with Gasteiger partial charge in [0.15, 0.2) is 0 Å². The highest BCUT2D eigenvalue weighted by Crippen LogP contribution is 2.25. The zero-order valence-electron chi connectivity index (χ0n) is 10.4. The number of nitrogens with one attached hydrogen (secondary N) is 1. The minimum absolute atomic E-state index is 0.103. The fourth-order valence-corrected chi connectivity index (χ4v) is 2.12. The third-order valence-electron chi connectivity index (χ3n) is 3.03. The lowest BCUT2D eigenvalue weighted by atomic mass is 10.0. The Hall–Kier alpha value is -1.84. The van der Waals surface area contributed by atoms with E-state index in [4.69, 9.17) is 4.74 Å². The minimum atomic E-state index is -0.665. The van der Waals surface area contributed by atoms with Gasteiger partial charge in [-0.25, -0.2) is 0 Å². The number of rotatable bonds is 4. The van der Waals surface area contributed by atoms with E-state index in [1.807, 2.05) is 25.1 Å². The Kier molecular flexibility index (Phi) is 3.97. The van der Waals surface area contributed by atoms with Gasteiger partial charge in [-0.1, -0.05) is 31.5 Å². The summed E-state index contributed by atoms with van der Waals surface area (Å²) in [5.41, 5.74) is 0.703. The lowest BCUT2D eigenvalue weighted by molar-refractivity contribution is -0.146. The van der Waals surface area contributed by atoms with Crippen molar-refractivity contribution in [1.29, 1.82) is 0 Å². The minimum Gasteiger partial charge on any atom is -0.462 e. The molecule has 0 unspecified atom stereocenters. The van der Waals surface area contributed by atoms with Crippen molar-refractivity contribution in [2.45, 2.75) is 32.3 Å². The Bertz CT molecular complexity index is 430. The van der Waals surface area contributed by atoms with Crippen LogP contribution in [0, 0.1) is 5.92 Å². The van der Waals surface area contributed by atoms with E-state index in [1.54, 1.807) is 12.1 Å². The number of anilines is 1. The van der Waals surface area contributed by atoms with Crippen LogP contribution in [0.15, 0.2) is 30.3 Å². The van der Waals surface area contributed by atoms with E-state index >= 15 is 0 Å². The highest BCUT2D eigenvalue weighted by atomic mass is 16.6. The van der Waals surface area contributed by atoms with Gasteiger partial charge < -0.3 is 10.1 Å². The first-order valence-electron chi connectivity index (χ1n) is 6.27. The van der Waals surface area contributed by atoms with Gasteiger partial charge in [0, 0.05) is 12.1 Å². The van der Waals surface area contributed by atoms with E-state index in [9.17, 15) is 9.59 Å². The lowest BCUT2D eigenvalue weighted by Gasteiger charge is -2.07. The van der Waals surface area contributed by atoms with Gasteiger partial charge in [-0.2, -0.15) is 0 Å². The number of carbonyl (C=O) groups excluding carboxylic acids is 2. The molecule has 0 aromatic heterocycles. The predicted molar refractivity (Wildman–Crippen MR) is 68.0 cm³/mol. The molecule has 0 aliphatic carbocycles. The summed E-state index contributed by atoms with van der Waals surface area (Å²) in [7, 11) is 0. The second-order valence-electron chi connectivity index (χ2n) is 4.49. The number of hydrogen-bond donors (Lipinski definition) is 1. The number of carbonyl (C=O) groups is 2. The average molecular weight is 247 g/mol. The number of para-hydroxylation sites is 1. The van der Waals surface area contributed by atoms with Crippen molar-refractivity contribution in [2.24, 2.45) is 5.92 Å². The Balaban J connectivity index is 1.96. The number of esters is 1. The standard InChI is InChI=1S/C14H17NO3/c1-2-6-11-9-12(14(17)18-11)13(16)15-10-7-4-3-5-8-10/h3-5,7-8,11-12H,2,6,9H2,1H3,(H,15,16)/t11-,12+/m1/s1. The van der Waals surface area contributed by atoms with Crippen molar-refractivity contribution >= 4 is 17.6 Å². The first-order chi connectivity index (χ1) is 8.70. The monoisotopic (exact) mass is 247 g/mol. The molecule has 1 saturated heterocycles. The molecule has 4 heteroatoms. The van der Waals surface area contributed by atoms with E-state index in [-0.39, 0.29) is 12.0 Å². The topological polar surface area (TPSA) is 55.4 Å². The average Bonchev–Trinajstić information content (AvgIpc) is 2.72. The number of benzene rings is 1. The number of hydrogen-bond acceptors (Lipinski definition) is 3. The zero-order valence-corrected chi connectivity index (χ0v) is 10.4. The van der Waals surface area contributed by atoms with Crippen LogP contribution >= 0.6 is 0 Å². The summed E-state index contributed by atoms with van der Waals surface area (Å²) in [6.45, 7) is 2.03. The molecule has 0 saturated carbocycles. The van der Waals surface area contributed by atoms with Crippen molar-refractivity contribution in [2.75, 3.05) is 5.32 Å². The molecule has 0 bridgehead atoms. The van der Waals surface area contributed by atoms with Crippen LogP contribution in [-0.4, -0.2) is 18.0 Å². The van der Waals surface area contributed by atoms with Crippen molar-refractivity contribution in [3.8, 4) is 0 Å². The van der Waals surface area contributed by atoms with Crippen LogP contribution in [-0.2, 0) is 14.3 Å². The number of cyclic esters (lactones) is 1. The SMILES string of the molecule is CCC[C@@H]1C[C@@H](C(=O)Nc2ccccc2)C(=O)O1. The van der Waals surface area contributed by atoms with Crippen molar-refractivity contribution in [3.63, 3.8) is 0 Å². The van der Waals surface area contributed by atoms with Crippen LogP contribution in [0.4, 0.5) is 5.69 Å². The quantitative estimate of drug-likeness (QED) is 0.656. The maximum atomic E-state index is 12.0. The predicted octanol–water partition coefficient (Wildman–Crippen LogP) is 2.36. The molecule has 4 nitrogen and oxygen atoms in total. The molecule has 1 aromatic carbocycles. The molecule has 2 atom stereocenters. The molecule has 1 aliphatic rings. The van der Waals surface area contributed by atoms with E-state index in [0.717, 1.165) is 12.8 Å². The summed E-state index contributed by atoms with van der Waals surface area (Å²) in [4.78, 5) is 23.6. The molecule has 1 aromatic rings. The fraction of sp³-hybridized carbons (Fsp3) is 0.429. The third kappa shape index (κ3) is 2.88. The summed E-state index contributed by atoms with van der Waals surface area (Å²) >= 11 is 0. The second-order valence-corrected chi connectivity index (χ2v) is 4.49. The van der Waals surface area contributed by atoms with E-state index in [0.29, 0.717) is 12.1 Å². The van der Waals surface area contributed by atoms with Gasteiger partial charge in [0.1, 0.15) is 12.0 Å². The first-order valence-corrected chi connectivity index (χ1v) is 6.27. The van der Waals surface area contributed by atoms with E-state index in [1.165, 1.54) is 0 Å². The molecule has 18 heavy (non-hydrogen) atoms. The molecule has 96 valence electrons. The smallest absolute Gasteiger partial charge is 0.318 e. The summed E-state index contributed by atoms with van der Waals surface area (Å²) in [5.74, 6) is -1.34. The summed E-state index contributed by atoms with van der Waals surface area (Å²) in [5, 5.41) is 2.74. The largest absolute Gasteiger partial charge is 0.462 e. The lowest BCUT2D eigenvalue weighted by Crippen LogP contribution is -2.26. The molecule has 1 amide bonds. The molecule has 1 aliphatic heterocycles. The Morgan fingerprint density at radius 3 is 2.78 bits per heavy atom. The summed E-state index contributed by atoms with van der Waals surface area (Å²) < 4.78 is 5.17. The maximum absolute atomic E-state index is 12.0. The maximum Gasteiger partial charge on any atom is 0.318 e. The Morgan fingerprint density at radius 1 is 1.39 bits per heavy atom. The van der Waals surface area contributed by atoms with Crippen LogP contribution in [0.1, 0.15) is 26.2 Å². The first kappa shape index (κ1) is 12.6. The summed E-state index contributed by atoms with van der Waals surface area (Å²) in [6.07, 6.45) is 2.16. The van der Waals surface area contributed by atoms with Gasteiger partial charge in [-0.05, 0) is 18.6 Å². The van der Waals surface area contributed by atoms with Gasteiger partial charge in [0.2, 0.25) is 5.91 Å². The number of ether oxygens (including phenoxy) is 1. The third-order valence-corrected chi connectivity index (χ3v) is 3.03. The molecular formula is C14H17NO3. The van der Waals surface area contributed by atoms with Gasteiger partial charge in [-0.15, -0.1) is 0 Å². The Morgan fingerprint density at radius 2 is 2.11 bits per heavy atom. The number of amides is 1. The highest BCUT2D eigenvalue weighted by molar-refractivity contribution is 6.05. The molecule has 0 spiro atoms. The second kappa shape index (κ2) is 5.67. The van der Waals surface area contributed by atoms with Crippen LogP contribution < -0.4 is 5.32 Å². The summed E-state index contributed by atoms with van der Waals surface area (Å²) in [6, 6.07) is 9.13. The van der Waals surface area contributed by atoms with Crippen LogP contribution in [0.5, 0.6) is 0 Å². The van der Waals surface area contributed by atoms with Gasteiger partial charge in [-0.3, -0.25) is 9.59 Å². The van der Waals surface area contributed by atoms with Crippen molar-refractivity contribution < 1.29 is 14.3 Å². The van der Waals surface area contributed by atoms with Crippen LogP contribution in [0.3, 0.4) is 0 Å². The van der Waals surface area contributed by atoms with Crippen molar-refractivity contribution in [1.82, 2.24) is 0 Å². The molecule has 1 fully saturated rings. The normalized spacial score (nSPS) is 22.6. The van der Waals surface area contributed by atoms with E-state index < -0.39 is 11.9 Å². The van der Waals surface area contributed by atoms with Gasteiger partial charge >= 0.3 is 5.97 Å². The van der Waals surface area contributed by atoms with Crippen LogP contribution in [0.2, 0.25) is 0 Å². The molecular weight excluding hydrogens is 230 g/mol. The zero-order chi connectivity index (χ0) is 13.0. The molecule has 0 radical (unpaired) electrons. The van der Waals surface area contributed by atoms with Gasteiger partial charge in [0.05, 0.1) is 0 Å². The Labute approximate surface area is 106 Å². The molecule has 2 rings (SSSR count). The molecule has 1 heterocycles. The fourth-order valence-electron chi connectivity index (χ4n) is 2.12. The highest BCUT2D eigenvalue weighted by Gasteiger charge is 2.38. The van der Waals surface area contributed by atoms with E-state index in [2.05, 4.69) is 5.32 Å². The van der Waals surface area contributed by atoms with Crippen LogP contribution in [0.25, 0.3) is 0 Å². The van der Waals surface area contributed by atoms with Crippen molar-refractivity contribution in [3.05, 3.63) is 30.3 Å². The molecule has 1 N–H and O–H groups in total.